The molecule has 0 aliphatic carbocycles. The predicted molar refractivity (Wildman–Crippen MR) is 57.6 cm³/mol. The van der Waals surface area contributed by atoms with E-state index in [0.717, 1.165) is 0 Å². The van der Waals surface area contributed by atoms with Crippen molar-refractivity contribution >= 4 is 23.2 Å². The Balaban J connectivity index is 2.88. The summed E-state index contributed by atoms with van der Waals surface area (Å²) >= 11 is 5.15. The van der Waals surface area contributed by atoms with Crippen LogP contribution in [0, 0.1) is 0 Å². The lowest BCUT2D eigenvalue weighted by molar-refractivity contribution is -0.136. The van der Waals surface area contributed by atoms with Gasteiger partial charge in [-0.1, -0.05) is 0 Å². The maximum atomic E-state index is 11.5. The van der Waals surface area contributed by atoms with Crippen molar-refractivity contribution in [2.24, 2.45) is 0 Å². The van der Waals surface area contributed by atoms with Crippen molar-refractivity contribution in [3.05, 3.63) is 0 Å². The molecule has 0 aromatic heterocycles. The highest BCUT2D eigenvalue weighted by Crippen LogP contribution is 2.18. The SMILES string of the molecule is CCN1C(=O)CC(O)N(C(C)C)C1=S. The van der Waals surface area contributed by atoms with Crippen molar-refractivity contribution in [2.75, 3.05) is 6.54 Å². The first-order chi connectivity index (χ1) is 6.49. The smallest absolute Gasteiger partial charge is 0.233 e. The lowest BCUT2D eigenvalue weighted by atomic mass is 10.2. The molecule has 0 spiro atoms. The second-order valence-corrected chi connectivity index (χ2v) is 3.97. The number of rotatable bonds is 2. The predicted octanol–water partition coefficient (Wildman–Crippen LogP) is 0.552. The molecule has 0 aromatic rings. The largest absolute Gasteiger partial charge is 0.373 e. The summed E-state index contributed by atoms with van der Waals surface area (Å²) in [6, 6.07) is 0.111. The van der Waals surface area contributed by atoms with Crippen molar-refractivity contribution in [1.29, 1.82) is 0 Å². The highest BCUT2D eigenvalue weighted by Gasteiger charge is 2.35. The Bertz CT molecular complexity index is 255. The number of thiocarbonyl (C=S) groups is 1. The van der Waals surface area contributed by atoms with Gasteiger partial charge in [0.05, 0.1) is 6.42 Å². The van der Waals surface area contributed by atoms with Gasteiger partial charge in [0.2, 0.25) is 5.91 Å². The molecule has 1 fully saturated rings. The van der Waals surface area contributed by atoms with Crippen molar-refractivity contribution in [2.45, 2.75) is 39.5 Å². The van der Waals surface area contributed by atoms with E-state index in [-0.39, 0.29) is 18.4 Å². The molecule has 1 unspecified atom stereocenters. The number of amides is 1. The van der Waals surface area contributed by atoms with Crippen LogP contribution in [0.15, 0.2) is 0 Å². The summed E-state index contributed by atoms with van der Waals surface area (Å²) in [5.74, 6) is -0.0955. The molecule has 0 aromatic carbocycles. The lowest BCUT2D eigenvalue weighted by Crippen LogP contribution is -2.58. The first kappa shape index (κ1) is 11.4. The van der Waals surface area contributed by atoms with Crippen LogP contribution in [-0.4, -0.2) is 44.7 Å². The standard InChI is InChI=1S/C9H16N2O2S/c1-4-10-7(12)5-8(13)11(6(2)3)9(10)14/h6,8,13H,4-5H2,1-3H3. The molecule has 1 heterocycles. The van der Waals surface area contributed by atoms with E-state index in [2.05, 4.69) is 0 Å². The number of aliphatic hydroxyl groups is 1. The van der Waals surface area contributed by atoms with Crippen LogP contribution in [0.4, 0.5) is 0 Å². The van der Waals surface area contributed by atoms with Crippen LogP contribution in [0.3, 0.4) is 0 Å². The van der Waals surface area contributed by atoms with Crippen LogP contribution in [0.5, 0.6) is 0 Å². The average Bonchev–Trinajstić information content (AvgIpc) is 2.02. The number of carbonyl (C=O) groups is 1. The van der Waals surface area contributed by atoms with Gasteiger partial charge in [0.1, 0.15) is 6.23 Å². The van der Waals surface area contributed by atoms with Gasteiger partial charge in [-0.25, -0.2) is 0 Å². The lowest BCUT2D eigenvalue weighted by Gasteiger charge is -2.42. The van der Waals surface area contributed by atoms with Crippen LogP contribution in [0.2, 0.25) is 0 Å². The molecule has 1 rings (SSSR count). The zero-order valence-corrected chi connectivity index (χ0v) is 9.54. The van der Waals surface area contributed by atoms with Gasteiger partial charge in [0.25, 0.3) is 0 Å². The zero-order valence-electron chi connectivity index (χ0n) is 8.73. The highest BCUT2D eigenvalue weighted by atomic mass is 32.1. The van der Waals surface area contributed by atoms with Crippen molar-refractivity contribution in [3.8, 4) is 0 Å². The molecule has 1 N–H and O–H groups in total. The summed E-state index contributed by atoms with van der Waals surface area (Å²) < 4.78 is 0. The van der Waals surface area contributed by atoms with Crippen molar-refractivity contribution in [3.63, 3.8) is 0 Å². The normalized spacial score (nSPS) is 23.6. The zero-order chi connectivity index (χ0) is 10.9. The van der Waals surface area contributed by atoms with Gasteiger partial charge in [0.15, 0.2) is 5.11 Å². The maximum Gasteiger partial charge on any atom is 0.233 e. The average molecular weight is 216 g/mol. The van der Waals surface area contributed by atoms with Crippen LogP contribution < -0.4 is 0 Å². The minimum absolute atomic E-state index is 0.0955. The maximum absolute atomic E-state index is 11.5. The fourth-order valence-electron chi connectivity index (χ4n) is 1.61. The van der Waals surface area contributed by atoms with E-state index in [1.165, 1.54) is 4.90 Å². The molecule has 0 saturated carbocycles. The van der Waals surface area contributed by atoms with Crippen LogP contribution >= 0.6 is 12.2 Å². The summed E-state index contributed by atoms with van der Waals surface area (Å²) in [6.07, 6.45) is -0.635. The summed E-state index contributed by atoms with van der Waals surface area (Å²) in [7, 11) is 0. The number of hydrogen-bond donors (Lipinski definition) is 1. The first-order valence-corrected chi connectivity index (χ1v) is 5.20. The molecule has 0 bridgehead atoms. The summed E-state index contributed by atoms with van der Waals surface area (Å²) in [5, 5.41) is 10.1. The monoisotopic (exact) mass is 216 g/mol. The first-order valence-electron chi connectivity index (χ1n) is 4.79. The number of hydrogen-bond acceptors (Lipinski definition) is 3. The van der Waals surface area contributed by atoms with E-state index in [4.69, 9.17) is 12.2 Å². The molecular weight excluding hydrogens is 200 g/mol. The van der Waals surface area contributed by atoms with Crippen LogP contribution in [-0.2, 0) is 4.79 Å². The van der Waals surface area contributed by atoms with Gasteiger partial charge in [-0.2, -0.15) is 0 Å². The third-order valence-corrected chi connectivity index (χ3v) is 2.73. The van der Waals surface area contributed by atoms with E-state index in [0.29, 0.717) is 11.7 Å². The molecule has 1 amide bonds. The molecule has 1 saturated heterocycles. The Morgan fingerprint density at radius 1 is 1.64 bits per heavy atom. The molecule has 1 aliphatic rings. The molecule has 1 aliphatic heterocycles. The Labute approximate surface area is 89.5 Å². The number of carbonyl (C=O) groups excluding carboxylic acids is 1. The van der Waals surface area contributed by atoms with E-state index < -0.39 is 6.23 Å². The second-order valence-electron chi connectivity index (χ2n) is 3.61. The summed E-state index contributed by atoms with van der Waals surface area (Å²) in [5.41, 5.74) is 0. The van der Waals surface area contributed by atoms with Gasteiger partial charge in [-0.15, -0.1) is 0 Å². The Morgan fingerprint density at radius 2 is 2.21 bits per heavy atom. The molecule has 14 heavy (non-hydrogen) atoms. The van der Waals surface area contributed by atoms with Crippen LogP contribution in [0.1, 0.15) is 27.2 Å². The summed E-state index contributed by atoms with van der Waals surface area (Å²) in [6.45, 7) is 6.33. The summed E-state index contributed by atoms with van der Waals surface area (Å²) in [4.78, 5) is 14.7. The fraction of sp³-hybridized carbons (Fsp3) is 0.778. The quantitative estimate of drug-likeness (QED) is 0.685. The van der Waals surface area contributed by atoms with E-state index >= 15 is 0 Å². The number of nitrogens with zero attached hydrogens (tertiary/aromatic N) is 2. The van der Waals surface area contributed by atoms with E-state index in [1.54, 1.807) is 4.90 Å². The van der Waals surface area contributed by atoms with E-state index in [1.807, 2.05) is 20.8 Å². The number of aliphatic hydroxyl groups excluding tert-OH is 1. The van der Waals surface area contributed by atoms with Crippen molar-refractivity contribution < 1.29 is 9.90 Å². The highest BCUT2D eigenvalue weighted by molar-refractivity contribution is 7.80. The Hall–Kier alpha value is -0.680. The Morgan fingerprint density at radius 3 is 2.64 bits per heavy atom. The molecule has 0 radical (unpaired) electrons. The molecule has 1 atom stereocenters. The minimum atomic E-state index is -0.766. The van der Waals surface area contributed by atoms with Gasteiger partial charge in [-0.05, 0) is 33.0 Å². The Kier molecular flexibility index (Phi) is 3.44. The van der Waals surface area contributed by atoms with Gasteiger partial charge in [-0.3, -0.25) is 9.69 Å². The molecule has 80 valence electrons. The molecule has 4 nitrogen and oxygen atoms in total. The van der Waals surface area contributed by atoms with Gasteiger partial charge >= 0.3 is 0 Å². The third-order valence-electron chi connectivity index (χ3n) is 2.30. The molecular formula is C9H16N2O2S. The van der Waals surface area contributed by atoms with Gasteiger partial charge < -0.3 is 10.0 Å². The topological polar surface area (TPSA) is 43.8 Å². The van der Waals surface area contributed by atoms with Crippen molar-refractivity contribution in [1.82, 2.24) is 9.80 Å². The molecule has 5 heteroatoms. The van der Waals surface area contributed by atoms with Gasteiger partial charge in [0, 0.05) is 12.6 Å². The van der Waals surface area contributed by atoms with E-state index in [9.17, 15) is 9.90 Å². The third kappa shape index (κ3) is 1.88. The second kappa shape index (κ2) is 4.23. The fourth-order valence-corrected chi connectivity index (χ4v) is 2.18. The minimum Gasteiger partial charge on any atom is -0.373 e. The van der Waals surface area contributed by atoms with Crippen LogP contribution in [0.25, 0.3) is 0 Å².